The van der Waals surface area contributed by atoms with E-state index in [1.165, 1.54) is 0 Å². The Labute approximate surface area is 188 Å². The largest absolute Gasteiger partial charge is 0.416 e. The van der Waals surface area contributed by atoms with Crippen LogP contribution in [0.3, 0.4) is 0 Å². The lowest BCUT2D eigenvalue weighted by Gasteiger charge is -2.19. The van der Waals surface area contributed by atoms with Crippen molar-refractivity contribution < 1.29 is 17.9 Å². The molecule has 0 spiro atoms. The Bertz CT molecular complexity index is 611. The first kappa shape index (κ1) is 26.0. The minimum atomic E-state index is -4.28. The summed E-state index contributed by atoms with van der Waals surface area (Å²) in [5, 5.41) is 6.75. The molecular weight excluding hydrogens is 496 g/mol. The van der Waals surface area contributed by atoms with Crippen molar-refractivity contribution in [2.45, 2.75) is 44.9 Å². The number of hydrogen-bond donors (Lipinski definition) is 2. The van der Waals surface area contributed by atoms with Gasteiger partial charge in [-0.15, -0.1) is 24.0 Å². The average Bonchev–Trinajstić information content (AvgIpc) is 3.10. The topological polar surface area (TPSA) is 48.9 Å². The van der Waals surface area contributed by atoms with Gasteiger partial charge in [-0.1, -0.05) is 12.1 Å². The molecule has 1 saturated heterocycles. The van der Waals surface area contributed by atoms with Gasteiger partial charge in [0, 0.05) is 52.5 Å². The smallest absolute Gasteiger partial charge is 0.382 e. The molecule has 2 N–H and O–H groups in total. The van der Waals surface area contributed by atoms with Gasteiger partial charge in [-0.2, -0.15) is 13.2 Å². The third-order valence-electron chi connectivity index (χ3n) is 4.74. The van der Waals surface area contributed by atoms with E-state index in [1.54, 1.807) is 19.2 Å². The van der Waals surface area contributed by atoms with Gasteiger partial charge >= 0.3 is 6.18 Å². The molecule has 1 aliphatic rings. The first-order chi connectivity index (χ1) is 13.4. The summed E-state index contributed by atoms with van der Waals surface area (Å²) < 4.78 is 43.3. The molecule has 0 amide bonds. The maximum absolute atomic E-state index is 12.7. The molecule has 0 aliphatic carbocycles. The second-order valence-corrected chi connectivity index (χ2v) is 6.96. The number of hydrogen-bond acceptors (Lipinski definition) is 3. The van der Waals surface area contributed by atoms with Crippen molar-refractivity contribution in [3.05, 3.63) is 35.4 Å². The Morgan fingerprint density at radius 1 is 1.24 bits per heavy atom. The molecule has 1 heterocycles. The summed E-state index contributed by atoms with van der Waals surface area (Å²) in [6, 6.07) is 5.71. The van der Waals surface area contributed by atoms with E-state index in [1.807, 2.05) is 6.92 Å². The number of ether oxygens (including phenoxy) is 1. The van der Waals surface area contributed by atoms with Gasteiger partial charge in [-0.3, -0.25) is 9.89 Å². The van der Waals surface area contributed by atoms with Crippen LogP contribution in [0.1, 0.15) is 37.3 Å². The van der Waals surface area contributed by atoms with Gasteiger partial charge in [0.15, 0.2) is 5.96 Å². The predicted octanol–water partition coefficient (Wildman–Crippen LogP) is 3.88. The van der Waals surface area contributed by atoms with Gasteiger partial charge in [-0.05, 0) is 43.9 Å². The molecule has 1 atom stereocenters. The van der Waals surface area contributed by atoms with Crippen molar-refractivity contribution in [1.82, 2.24) is 15.5 Å². The summed E-state index contributed by atoms with van der Waals surface area (Å²) in [6.45, 7) is 6.77. The number of halogens is 4. The van der Waals surface area contributed by atoms with Crippen LogP contribution < -0.4 is 10.6 Å². The normalized spacial score (nSPS) is 17.8. The highest BCUT2D eigenvalue weighted by atomic mass is 127. The number of aliphatic imine (C=N–C) groups is 1. The molecule has 0 aromatic heterocycles. The van der Waals surface area contributed by atoms with Gasteiger partial charge in [0.25, 0.3) is 0 Å². The fourth-order valence-corrected chi connectivity index (χ4v) is 3.22. The second-order valence-electron chi connectivity index (χ2n) is 6.96. The number of likely N-dealkylation sites (tertiary alicyclic amines) is 1. The van der Waals surface area contributed by atoms with Gasteiger partial charge in [0.2, 0.25) is 0 Å². The van der Waals surface area contributed by atoms with Crippen molar-refractivity contribution in [3.8, 4) is 0 Å². The average molecular weight is 528 g/mol. The highest BCUT2D eigenvalue weighted by molar-refractivity contribution is 14.0. The standard InChI is InChI=1S/C20H31F3N4O.HI/c1-3-28-13-5-4-11-25-19(24-2)26-18-10-12-27(15-18)14-16-6-8-17(9-7-16)20(21,22)23;/h6-9,18H,3-5,10-15H2,1-2H3,(H2,24,25,26);1H. The third-order valence-corrected chi connectivity index (χ3v) is 4.74. The Kier molecular flexibility index (Phi) is 11.9. The van der Waals surface area contributed by atoms with Crippen LogP contribution in [-0.4, -0.2) is 56.8 Å². The van der Waals surface area contributed by atoms with E-state index in [-0.39, 0.29) is 30.0 Å². The number of nitrogens with one attached hydrogen (secondary N) is 2. The van der Waals surface area contributed by atoms with Crippen LogP contribution in [0.2, 0.25) is 0 Å². The Hall–Kier alpha value is -1.07. The van der Waals surface area contributed by atoms with Crippen LogP contribution in [0.5, 0.6) is 0 Å². The molecule has 0 bridgehead atoms. The van der Waals surface area contributed by atoms with Crippen LogP contribution in [0.15, 0.2) is 29.3 Å². The predicted molar refractivity (Wildman–Crippen MR) is 121 cm³/mol. The van der Waals surface area contributed by atoms with Crippen molar-refractivity contribution >= 4 is 29.9 Å². The molecular formula is C20H32F3IN4O. The Morgan fingerprint density at radius 3 is 2.59 bits per heavy atom. The molecule has 1 unspecified atom stereocenters. The van der Waals surface area contributed by atoms with Gasteiger partial charge in [-0.25, -0.2) is 0 Å². The summed E-state index contributed by atoms with van der Waals surface area (Å²) in [6.07, 6.45) is -1.27. The highest BCUT2D eigenvalue weighted by Gasteiger charge is 2.30. The molecule has 1 fully saturated rings. The molecule has 1 aliphatic heterocycles. The van der Waals surface area contributed by atoms with Crippen LogP contribution in [-0.2, 0) is 17.5 Å². The maximum atomic E-state index is 12.7. The SMILES string of the molecule is CCOCCCCNC(=NC)NC1CCN(Cc2ccc(C(F)(F)F)cc2)C1.I. The van der Waals surface area contributed by atoms with Crippen LogP contribution in [0, 0.1) is 0 Å². The molecule has 1 aromatic carbocycles. The van der Waals surface area contributed by atoms with Crippen LogP contribution in [0.25, 0.3) is 0 Å². The zero-order valence-corrected chi connectivity index (χ0v) is 19.4. The summed E-state index contributed by atoms with van der Waals surface area (Å²) in [4.78, 5) is 6.51. The Balaban J connectivity index is 0.00000420. The molecule has 166 valence electrons. The summed E-state index contributed by atoms with van der Waals surface area (Å²) in [7, 11) is 1.75. The van der Waals surface area contributed by atoms with E-state index in [4.69, 9.17) is 4.74 Å². The number of alkyl halides is 3. The summed E-state index contributed by atoms with van der Waals surface area (Å²) >= 11 is 0. The van der Waals surface area contributed by atoms with Crippen molar-refractivity contribution in [3.63, 3.8) is 0 Å². The summed E-state index contributed by atoms with van der Waals surface area (Å²) in [5.74, 6) is 0.790. The fraction of sp³-hybridized carbons (Fsp3) is 0.650. The zero-order chi connectivity index (χ0) is 20.4. The molecule has 0 saturated carbocycles. The lowest BCUT2D eigenvalue weighted by Crippen LogP contribution is -2.44. The monoisotopic (exact) mass is 528 g/mol. The number of unbranched alkanes of at least 4 members (excludes halogenated alkanes) is 1. The Morgan fingerprint density at radius 2 is 1.97 bits per heavy atom. The third kappa shape index (κ3) is 9.52. The molecule has 5 nitrogen and oxygen atoms in total. The van der Waals surface area contributed by atoms with Crippen molar-refractivity contribution in [2.75, 3.05) is 39.9 Å². The lowest BCUT2D eigenvalue weighted by molar-refractivity contribution is -0.137. The molecule has 1 aromatic rings. The number of benzene rings is 1. The van der Waals surface area contributed by atoms with E-state index in [0.29, 0.717) is 6.54 Å². The van der Waals surface area contributed by atoms with E-state index in [0.717, 1.165) is 75.8 Å². The van der Waals surface area contributed by atoms with Gasteiger partial charge in [0.1, 0.15) is 0 Å². The highest BCUT2D eigenvalue weighted by Crippen LogP contribution is 2.29. The lowest BCUT2D eigenvalue weighted by atomic mass is 10.1. The minimum absolute atomic E-state index is 0. The fourth-order valence-electron chi connectivity index (χ4n) is 3.22. The van der Waals surface area contributed by atoms with E-state index in [9.17, 15) is 13.2 Å². The first-order valence-electron chi connectivity index (χ1n) is 9.85. The molecule has 9 heteroatoms. The maximum Gasteiger partial charge on any atom is 0.416 e. The molecule has 29 heavy (non-hydrogen) atoms. The number of guanidine groups is 1. The minimum Gasteiger partial charge on any atom is -0.382 e. The van der Waals surface area contributed by atoms with Crippen LogP contribution in [0.4, 0.5) is 13.2 Å². The summed E-state index contributed by atoms with van der Waals surface area (Å²) in [5.41, 5.74) is 0.291. The van der Waals surface area contributed by atoms with E-state index >= 15 is 0 Å². The van der Waals surface area contributed by atoms with Gasteiger partial charge in [0.05, 0.1) is 5.56 Å². The quantitative estimate of drug-likeness (QED) is 0.221. The van der Waals surface area contributed by atoms with Crippen molar-refractivity contribution in [2.24, 2.45) is 4.99 Å². The van der Waals surface area contributed by atoms with Gasteiger partial charge < -0.3 is 15.4 Å². The molecule has 0 radical (unpaired) electrons. The van der Waals surface area contributed by atoms with E-state index < -0.39 is 11.7 Å². The zero-order valence-electron chi connectivity index (χ0n) is 17.1. The number of nitrogens with zero attached hydrogens (tertiary/aromatic N) is 2. The first-order valence-corrected chi connectivity index (χ1v) is 9.85. The van der Waals surface area contributed by atoms with Crippen LogP contribution >= 0.6 is 24.0 Å². The molecule has 2 rings (SSSR count). The number of rotatable bonds is 9. The second kappa shape index (κ2) is 13.3. The van der Waals surface area contributed by atoms with Crippen molar-refractivity contribution in [1.29, 1.82) is 0 Å². The van der Waals surface area contributed by atoms with E-state index in [2.05, 4.69) is 20.5 Å².